The second kappa shape index (κ2) is 9.37. The third-order valence-corrected chi connectivity index (χ3v) is 4.50. The Morgan fingerprint density at radius 2 is 1.73 bits per heavy atom. The van der Waals surface area contributed by atoms with Gasteiger partial charge in [0.05, 0.1) is 17.8 Å². The Balaban J connectivity index is 0.00000256. The minimum absolute atomic E-state index is 0. The van der Waals surface area contributed by atoms with E-state index in [1.165, 1.54) is 6.07 Å². The highest BCUT2D eigenvalue weighted by Gasteiger charge is 2.13. The SMILES string of the molecule is COc1cccc(CNc2ccc3c(c2)=NC(=O)N=3)c1OCc1ccccc1F.Cl. The molecule has 4 rings (SSSR count). The van der Waals surface area contributed by atoms with Gasteiger partial charge in [0, 0.05) is 23.4 Å². The number of urea groups is 1. The predicted octanol–water partition coefficient (Wildman–Crippen LogP) is 3.82. The van der Waals surface area contributed by atoms with Crippen molar-refractivity contribution >= 4 is 24.1 Å². The van der Waals surface area contributed by atoms with Crippen LogP contribution < -0.4 is 25.5 Å². The number of hydrogen-bond acceptors (Lipinski definition) is 4. The Labute approximate surface area is 178 Å². The Morgan fingerprint density at radius 1 is 0.967 bits per heavy atom. The molecule has 0 fully saturated rings. The smallest absolute Gasteiger partial charge is 0.368 e. The van der Waals surface area contributed by atoms with Gasteiger partial charge in [-0.15, -0.1) is 12.4 Å². The fraction of sp³-hybridized carbons (Fsp3) is 0.136. The summed E-state index contributed by atoms with van der Waals surface area (Å²) >= 11 is 0. The number of carbonyl (C=O) groups excluding carboxylic acids is 1. The van der Waals surface area contributed by atoms with Gasteiger partial charge in [0.15, 0.2) is 11.5 Å². The van der Waals surface area contributed by atoms with E-state index in [4.69, 9.17) is 9.47 Å². The van der Waals surface area contributed by atoms with E-state index in [1.807, 2.05) is 18.2 Å². The van der Waals surface area contributed by atoms with Crippen molar-refractivity contribution in [3.63, 3.8) is 0 Å². The molecule has 0 saturated carbocycles. The summed E-state index contributed by atoms with van der Waals surface area (Å²) in [4.78, 5) is 19.0. The molecule has 0 saturated heterocycles. The minimum atomic E-state index is -0.492. The average Bonchev–Trinajstić information content (AvgIpc) is 3.11. The number of methoxy groups -OCH3 is 1. The van der Waals surface area contributed by atoms with Crippen LogP contribution in [0.15, 0.2) is 70.6 Å². The summed E-state index contributed by atoms with van der Waals surface area (Å²) in [5, 5.41) is 4.39. The minimum Gasteiger partial charge on any atom is -0.493 e. The Kier molecular flexibility index (Phi) is 6.64. The van der Waals surface area contributed by atoms with Gasteiger partial charge in [-0.05, 0) is 30.3 Å². The third kappa shape index (κ3) is 4.58. The van der Waals surface area contributed by atoms with E-state index >= 15 is 0 Å². The molecule has 1 aliphatic rings. The van der Waals surface area contributed by atoms with Crippen molar-refractivity contribution in [3.05, 3.63) is 88.3 Å². The molecular formula is C22H19ClFN3O3. The van der Waals surface area contributed by atoms with Gasteiger partial charge in [-0.25, -0.2) is 9.18 Å². The van der Waals surface area contributed by atoms with Crippen LogP contribution in [0, 0.1) is 5.82 Å². The van der Waals surface area contributed by atoms with Crippen LogP contribution in [0.5, 0.6) is 11.5 Å². The largest absolute Gasteiger partial charge is 0.493 e. The first-order valence-electron chi connectivity index (χ1n) is 9.01. The van der Waals surface area contributed by atoms with Gasteiger partial charge in [-0.3, -0.25) is 0 Å². The number of benzene rings is 3. The van der Waals surface area contributed by atoms with Gasteiger partial charge in [0.2, 0.25) is 0 Å². The summed E-state index contributed by atoms with van der Waals surface area (Å²) in [5.41, 5.74) is 2.10. The number of hydrogen-bond donors (Lipinski definition) is 1. The van der Waals surface area contributed by atoms with Crippen molar-refractivity contribution in [3.8, 4) is 11.5 Å². The zero-order chi connectivity index (χ0) is 20.2. The van der Waals surface area contributed by atoms with E-state index in [0.717, 1.165) is 11.3 Å². The second-order valence-electron chi connectivity index (χ2n) is 6.39. The van der Waals surface area contributed by atoms with E-state index < -0.39 is 6.03 Å². The standard InChI is InChI=1S/C22H18FN3O3.ClH/c1-28-20-8-4-6-14(21(20)29-13-15-5-2-3-7-17(15)23)12-24-16-9-10-18-19(11-16)26-22(27)25-18;/h2-11,24H,12-13H2,1H3;1H. The molecule has 30 heavy (non-hydrogen) atoms. The van der Waals surface area contributed by atoms with Crippen molar-refractivity contribution in [1.29, 1.82) is 0 Å². The summed E-state index contributed by atoms with van der Waals surface area (Å²) < 4.78 is 25.3. The van der Waals surface area contributed by atoms with Crippen LogP contribution in [0.2, 0.25) is 0 Å². The van der Waals surface area contributed by atoms with Gasteiger partial charge < -0.3 is 14.8 Å². The molecule has 0 spiro atoms. The van der Waals surface area contributed by atoms with Crippen molar-refractivity contribution in [2.24, 2.45) is 9.98 Å². The van der Waals surface area contributed by atoms with Gasteiger partial charge in [0.1, 0.15) is 12.4 Å². The molecule has 1 N–H and O–H groups in total. The summed E-state index contributed by atoms with van der Waals surface area (Å²) in [6.45, 7) is 0.523. The lowest BCUT2D eigenvalue weighted by Crippen LogP contribution is -2.21. The summed E-state index contributed by atoms with van der Waals surface area (Å²) in [6.07, 6.45) is 0. The molecule has 154 valence electrons. The third-order valence-electron chi connectivity index (χ3n) is 4.50. The van der Waals surface area contributed by atoms with Crippen LogP contribution in [0.4, 0.5) is 14.9 Å². The number of nitrogens with zero attached hydrogens (tertiary/aromatic N) is 2. The lowest BCUT2D eigenvalue weighted by molar-refractivity contribution is 0.256. The maximum Gasteiger partial charge on any atom is 0.368 e. The molecular weight excluding hydrogens is 409 g/mol. The summed E-state index contributed by atoms with van der Waals surface area (Å²) in [6, 6.07) is 16.9. The maximum atomic E-state index is 13.9. The highest BCUT2D eigenvalue weighted by molar-refractivity contribution is 5.85. The molecule has 2 amide bonds. The zero-order valence-corrected chi connectivity index (χ0v) is 16.9. The second-order valence-corrected chi connectivity index (χ2v) is 6.39. The molecule has 0 radical (unpaired) electrons. The highest BCUT2D eigenvalue weighted by atomic mass is 35.5. The van der Waals surface area contributed by atoms with Crippen LogP contribution in [0.25, 0.3) is 0 Å². The van der Waals surface area contributed by atoms with Crippen LogP contribution in [0.1, 0.15) is 11.1 Å². The Hall–Kier alpha value is -3.45. The monoisotopic (exact) mass is 427 g/mol. The number of anilines is 1. The first-order valence-corrected chi connectivity index (χ1v) is 9.01. The first-order chi connectivity index (χ1) is 14.1. The average molecular weight is 428 g/mol. The molecule has 6 nitrogen and oxygen atoms in total. The molecule has 1 aliphatic heterocycles. The number of nitrogens with one attached hydrogen (secondary N) is 1. The fourth-order valence-electron chi connectivity index (χ4n) is 3.04. The van der Waals surface area contributed by atoms with E-state index in [9.17, 15) is 9.18 Å². The lowest BCUT2D eigenvalue weighted by atomic mass is 10.1. The van der Waals surface area contributed by atoms with Crippen molar-refractivity contribution < 1.29 is 18.7 Å². The Bertz CT molecular complexity index is 1200. The molecule has 0 atom stereocenters. The van der Waals surface area contributed by atoms with Crippen LogP contribution >= 0.6 is 12.4 Å². The normalized spacial score (nSPS) is 11.6. The first kappa shape index (κ1) is 21.3. The molecule has 1 heterocycles. The number of ether oxygens (including phenoxy) is 2. The van der Waals surface area contributed by atoms with Crippen molar-refractivity contribution in [2.45, 2.75) is 13.2 Å². The van der Waals surface area contributed by atoms with E-state index in [2.05, 4.69) is 15.3 Å². The van der Waals surface area contributed by atoms with Gasteiger partial charge in [-0.1, -0.05) is 30.3 Å². The van der Waals surface area contributed by atoms with Gasteiger partial charge >= 0.3 is 6.03 Å². The molecule has 0 aliphatic carbocycles. The molecule has 0 aromatic heterocycles. The number of para-hydroxylation sites is 1. The van der Waals surface area contributed by atoms with Crippen molar-refractivity contribution in [1.82, 2.24) is 0 Å². The highest BCUT2D eigenvalue weighted by Crippen LogP contribution is 2.32. The van der Waals surface area contributed by atoms with Crippen LogP contribution in [-0.4, -0.2) is 13.1 Å². The zero-order valence-electron chi connectivity index (χ0n) is 16.1. The van der Waals surface area contributed by atoms with E-state index in [-0.39, 0.29) is 24.8 Å². The molecule has 3 aromatic rings. The van der Waals surface area contributed by atoms with Crippen LogP contribution in [-0.2, 0) is 13.2 Å². The molecule has 0 bridgehead atoms. The summed E-state index contributed by atoms with van der Waals surface area (Å²) in [7, 11) is 1.56. The predicted molar refractivity (Wildman–Crippen MR) is 112 cm³/mol. The van der Waals surface area contributed by atoms with Gasteiger partial charge in [0.25, 0.3) is 0 Å². The Morgan fingerprint density at radius 3 is 2.53 bits per heavy atom. The maximum absolute atomic E-state index is 13.9. The van der Waals surface area contributed by atoms with Crippen LogP contribution in [0.3, 0.4) is 0 Å². The number of fused-ring (bicyclic) bond motifs is 1. The van der Waals surface area contributed by atoms with E-state index in [1.54, 1.807) is 43.5 Å². The summed E-state index contributed by atoms with van der Waals surface area (Å²) in [5.74, 6) is 0.791. The lowest BCUT2D eigenvalue weighted by Gasteiger charge is -2.16. The molecule has 0 unspecified atom stereocenters. The van der Waals surface area contributed by atoms with E-state index in [0.29, 0.717) is 34.3 Å². The number of carbonyl (C=O) groups is 1. The number of halogens is 2. The van der Waals surface area contributed by atoms with Gasteiger partial charge in [-0.2, -0.15) is 9.98 Å². The number of rotatable bonds is 7. The fourth-order valence-corrected chi connectivity index (χ4v) is 3.04. The molecule has 3 aromatic carbocycles. The number of amides is 2. The topological polar surface area (TPSA) is 72.3 Å². The van der Waals surface area contributed by atoms with Crippen molar-refractivity contribution in [2.75, 3.05) is 12.4 Å². The molecule has 8 heteroatoms. The quantitative estimate of drug-likeness (QED) is 0.622.